The van der Waals surface area contributed by atoms with Crippen LogP contribution in [0.5, 0.6) is 0 Å². The lowest BCUT2D eigenvalue weighted by atomic mass is 9.92. The molecule has 0 aromatic heterocycles. The van der Waals surface area contributed by atoms with Gasteiger partial charge in [-0.2, -0.15) is 0 Å². The Morgan fingerprint density at radius 1 is 0.773 bits per heavy atom. The zero-order valence-corrected chi connectivity index (χ0v) is 15.2. The van der Waals surface area contributed by atoms with E-state index in [4.69, 9.17) is 5.73 Å². The summed E-state index contributed by atoms with van der Waals surface area (Å²) in [7, 11) is 0. The molecule has 0 spiro atoms. The molecule has 0 atom stereocenters. The zero-order chi connectivity index (χ0) is 14.7. The number of hydrogen-bond donors (Lipinski definition) is 2. The van der Waals surface area contributed by atoms with Crippen LogP contribution < -0.4 is 11.1 Å². The van der Waals surface area contributed by atoms with Gasteiger partial charge in [0.15, 0.2) is 0 Å². The first-order chi connectivity index (χ1) is 9.50. The molecular weight excluding hydrogens is 315 g/mol. The van der Waals surface area contributed by atoms with Gasteiger partial charge in [0, 0.05) is 5.69 Å². The minimum Gasteiger partial charge on any atom is -0.397 e. The van der Waals surface area contributed by atoms with Crippen molar-refractivity contribution in [3.8, 4) is 0 Å². The molecule has 0 bridgehead atoms. The first-order valence-electron chi connectivity index (χ1n) is 7.25. The standard InChI is InChI=1S/C18H24N2.2ClH/c1-12(2)14-8-7-9-15(13(3)4)18(14)20-17-11-6-5-10-16(17)19;;/h5-13,20H,19H2,1-4H3;2*1H. The van der Waals surface area contributed by atoms with Crippen molar-refractivity contribution >= 4 is 41.9 Å². The number of nitrogens with one attached hydrogen (secondary N) is 1. The van der Waals surface area contributed by atoms with Crippen LogP contribution >= 0.6 is 24.8 Å². The number of benzene rings is 2. The third kappa shape index (κ3) is 4.56. The Labute approximate surface area is 146 Å². The first-order valence-corrected chi connectivity index (χ1v) is 7.25. The van der Waals surface area contributed by atoms with Crippen LogP contribution in [-0.4, -0.2) is 0 Å². The highest BCUT2D eigenvalue weighted by atomic mass is 35.5. The number of anilines is 3. The van der Waals surface area contributed by atoms with E-state index in [2.05, 4.69) is 51.2 Å². The van der Waals surface area contributed by atoms with Crippen molar-refractivity contribution in [2.75, 3.05) is 11.1 Å². The molecule has 0 radical (unpaired) electrons. The van der Waals surface area contributed by atoms with Gasteiger partial charge in [-0.1, -0.05) is 58.0 Å². The predicted molar refractivity (Wildman–Crippen MR) is 103 cm³/mol. The van der Waals surface area contributed by atoms with Crippen LogP contribution in [0.4, 0.5) is 17.1 Å². The molecule has 0 saturated carbocycles. The zero-order valence-electron chi connectivity index (χ0n) is 13.6. The Hall–Kier alpha value is -1.38. The molecule has 0 heterocycles. The van der Waals surface area contributed by atoms with Gasteiger partial charge in [-0.05, 0) is 35.1 Å². The van der Waals surface area contributed by atoms with Gasteiger partial charge in [-0.15, -0.1) is 24.8 Å². The van der Waals surface area contributed by atoms with E-state index in [1.165, 1.54) is 16.8 Å². The summed E-state index contributed by atoms with van der Waals surface area (Å²) in [6, 6.07) is 14.4. The Morgan fingerprint density at radius 3 is 1.73 bits per heavy atom. The first kappa shape index (κ1) is 20.6. The van der Waals surface area contributed by atoms with Crippen LogP contribution in [0.25, 0.3) is 0 Å². The molecule has 2 nitrogen and oxygen atoms in total. The topological polar surface area (TPSA) is 38.0 Å². The van der Waals surface area contributed by atoms with E-state index in [0.717, 1.165) is 11.4 Å². The van der Waals surface area contributed by atoms with Gasteiger partial charge in [0.05, 0.1) is 11.4 Å². The van der Waals surface area contributed by atoms with Crippen molar-refractivity contribution in [2.45, 2.75) is 39.5 Å². The number of hydrogen-bond acceptors (Lipinski definition) is 2. The fourth-order valence-corrected chi connectivity index (χ4v) is 2.44. The molecular formula is C18H26Cl2N2. The molecule has 0 aliphatic heterocycles. The summed E-state index contributed by atoms with van der Waals surface area (Å²) >= 11 is 0. The lowest BCUT2D eigenvalue weighted by Gasteiger charge is -2.21. The van der Waals surface area contributed by atoms with E-state index < -0.39 is 0 Å². The highest BCUT2D eigenvalue weighted by Crippen LogP contribution is 2.35. The maximum atomic E-state index is 6.06. The normalized spacial score (nSPS) is 10.1. The van der Waals surface area contributed by atoms with Gasteiger partial charge >= 0.3 is 0 Å². The summed E-state index contributed by atoms with van der Waals surface area (Å²) in [6.07, 6.45) is 0. The van der Waals surface area contributed by atoms with Crippen LogP contribution in [0.3, 0.4) is 0 Å². The SMILES string of the molecule is CC(C)c1cccc(C(C)C)c1Nc1ccccc1N.Cl.Cl. The summed E-state index contributed by atoms with van der Waals surface area (Å²) in [6.45, 7) is 8.88. The maximum absolute atomic E-state index is 6.06. The Balaban J connectivity index is 0.00000220. The number of rotatable bonds is 4. The molecule has 2 aromatic rings. The molecule has 3 N–H and O–H groups in total. The molecule has 4 heteroatoms. The van der Waals surface area contributed by atoms with Gasteiger partial charge in [-0.3, -0.25) is 0 Å². The van der Waals surface area contributed by atoms with Crippen molar-refractivity contribution in [1.29, 1.82) is 0 Å². The van der Waals surface area contributed by atoms with Gasteiger partial charge in [0.2, 0.25) is 0 Å². The third-order valence-corrected chi connectivity index (χ3v) is 3.59. The van der Waals surface area contributed by atoms with E-state index in [-0.39, 0.29) is 24.8 Å². The lowest BCUT2D eigenvalue weighted by Crippen LogP contribution is -2.05. The van der Waals surface area contributed by atoms with Gasteiger partial charge < -0.3 is 11.1 Å². The number of halogens is 2. The molecule has 122 valence electrons. The molecule has 0 unspecified atom stereocenters. The molecule has 0 fully saturated rings. The summed E-state index contributed by atoms with van der Waals surface area (Å²) in [5, 5.41) is 3.55. The minimum atomic E-state index is 0. The van der Waals surface area contributed by atoms with Crippen LogP contribution in [-0.2, 0) is 0 Å². The van der Waals surface area contributed by atoms with Crippen molar-refractivity contribution < 1.29 is 0 Å². The minimum absolute atomic E-state index is 0. The van der Waals surface area contributed by atoms with E-state index in [1.807, 2.05) is 24.3 Å². The maximum Gasteiger partial charge on any atom is 0.0618 e. The Bertz CT molecular complexity index is 569. The van der Waals surface area contributed by atoms with Crippen molar-refractivity contribution in [1.82, 2.24) is 0 Å². The van der Waals surface area contributed by atoms with Crippen LogP contribution in [0.15, 0.2) is 42.5 Å². The number of nitrogens with two attached hydrogens (primary N) is 1. The van der Waals surface area contributed by atoms with Crippen LogP contribution in [0.2, 0.25) is 0 Å². The van der Waals surface area contributed by atoms with Crippen molar-refractivity contribution in [3.63, 3.8) is 0 Å². The van der Waals surface area contributed by atoms with Crippen LogP contribution in [0, 0.1) is 0 Å². The quantitative estimate of drug-likeness (QED) is 0.659. The molecule has 0 aliphatic carbocycles. The molecule has 2 rings (SSSR count). The average molecular weight is 341 g/mol. The van der Waals surface area contributed by atoms with E-state index >= 15 is 0 Å². The highest BCUT2D eigenvalue weighted by molar-refractivity contribution is 5.85. The highest BCUT2D eigenvalue weighted by Gasteiger charge is 2.14. The second kappa shape index (κ2) is 8.92. The van der Waals surface area contributed by atoms with Crippen molar-refractivity contribution in [2.24, 2.45) is 0 Å². The van der Waals surface area contributed by atoms with Gasteiger partial charge in [-0.25, -0.2) is 0 Å². The van der Waals surface area contributed by atoms with Crippen molar-refractivity contribution in [3.05, 3.63) is 53.6 Å². The average Bonchev–Trinajstić information content (AvgIpc) is 2.41. The summed E-state index contributed by atoms with van der Waals surface area (Å²) in [4.78, 5) is 0. The predicted octanol–water partition coefficient (Wildman–Crippen LogP) is 6.10. The second-order valence-corrected chi connectivity index (χ2v) is 5.83. The Morgan fingerprint density at radius 2 is 1.27 bits per heavy atom. The smallest absolute Gasteiger partial charge is 0.0618 e. The summed E-state index contributed by atoms with van der Waals surface area (Å²) in [5.41, 5.74) is 11.7. The number of para-hydroxylation sites is 3. The fourth-order valence-electron chi connectivity index (χ4n) is 2.44. The molecule has 0 aliphatic rings. The summed E-state index contributed by atoms with van der Waals surface area (Å²) < 4.78 is 0. The lowest BCUT2D eigenvalue weighted by molar-refractivity contribution is 0.838. The number of nitrogen functional groups attached to an aromatic ring is 1. The largest absolute Gasteiger partial charge is 0.397 e. The van der Waals surface area contributed by atoms with E-state index in [0.29, 0.717) is 11.8 Å². The van der Waals surface area contributed by atoms with Gasteiger partial charge in [0.25, 0.3) is 0 Å². The fraction of sp³-hybridized carbons (Fsp3) is 0.333. The molecule has 0 amide bonds. The van der Waals surface area contributed by atoms with Gasteiger partial charge in [0.1, 0.15) is 0 Å². The third-order valence-electron chi connectivity index (χ3n) is 3.59. The molecule has 0 saturated heterocycles. The van der Waals surface area contributed by atoms with E-state index in [9.17, 15) is 0 Å². The van der Waals surface area contributed by atoms with Crippen LogP contribution in [0.1, 0.15) is 50.7 Å². The Kier molecular flexibility index (Phi) is 8.36. The monoisotopic (exact) mass is 340 g/mol. The molecule has 22 heavy (non-hydrogen) atoms. The second-order valence-electron chi connectivity index (χ2n) is 5.83. The molecule has 2 aromatic carbocycles. The van der Waals surface area contributed by atoms with E-state index in [1.54, 1.807) is 0 Å². The summed E-state index contributed by atoms with van der Waals surface area (Å²) in [5.74, 6) is 0.947.